The van der Waals surface area contributed by atoms with Crippen molar-refractivity contribution in [3.05, 3.63) is 96.8 Å². The molecular formula is C32H27N5O2. The van der Waals surface area contributed by atoms with Crippen molar-refractivity contribution in [2.45, 2.75) is 38.1 Å². The molecule has 7 nitrogen and oxygen atoms in total. The van der Waals surface area contributed by atoms with Crippen LogP contribution in [0.5, 0.6) is 0 Å². The van der Waals surface area contributed by atoms with Crippen LogP contribution >= 0.6 is 0 Å². The molecule has 1 fully saturated rings. The van der Waals surface area contributed by atoms with Gasteiger partial charge in [0.25, 0.3) is 0 Å². The number of imidazole rings is 1. The van der Waals surface area contributed by atoms with Crippen LogP contribution in [-0.2, 0) is 0 Å². The first-order chi connectivity index (χ1) is 19.1. The Bertz CT molecular complexity index is 1830. The second-order valence-electron chi connectivity index (χ2n) is 10.2. The summed E-state index contributed by atoms with van der Waals surface area (Å²) in [4.78, 5) is 21.5. The Balaban J connectivity index is 1.29. The summed E-state index contributed by atoms with van der Waals surface area (Å²) in [5, 5.41) is 15.1. The maximum Gasteiger partial charge on any atom is 0.335 e. The van der Waals surface area contributed by atoms with Gasteiger partial charge in [0.15, 0.2) is 0 Å². The summed E-state index contributed by atoms with van der Waals surface area (Å²) in [5.74, 6) is -0.0536. The average Bonchev–Trinajstić information content (AvgIpc) is 3.63. The number of rotatable bonds is 5. The molecule has 192 valence electrons. The molecular weight excluding hydrogens is 486 g/mol. The highest BCUT2D eigenvalue weighted by molar-refractivity contribution is 5.94. The Morgan fingerprint density at radius 2 is 1.67 bits per heavy atom. The van der Waals surface area contributed by atoms with Crippen molar-refractivity contribution in [1.29, 1.82) is 0 Å². The van der Waals surface area contributed by atoms with Crippen LogP contribution in [0, 0.1) is 0 Å². The van der Waals surface area contributed by atoms with E-state index in [1.165, 1.54) is 19.3 Å². The lowest BCUT2D eigenvalue weighted by molar-refractivity contribution is 0.0697. The third-order valence-corrected chi connectivity index (χ3v) is 7.72. The number of aromatic nitrogens is 5. The molecule has 0 radical (unpaired) electrons. The fourth-order valence-electron chi connectivity index (χ4n) is 5.75. The molecule has 1 saturated carbocycles. The van der Waals surface area contributed by atoms with Crippen molar-refractivity contribution in [2.24, 2.45) is 0 Å². The maximum atomic E-state index is 11.6. The van der Waals surface area contributed by atoms with Gasteiger partial charge in [-0.05, 0) is 67.4 Å². The molecule has 0 aliphatic heterocycles. The molecule has 0 unspecified atom stereocenters. The number of carboxylic acids is 1. The third-order valence-electron chi connectivity index (χ3n) is 7.72. The van der Waals surface area contributed by atoms with Crippen molar-refractivity contribution in [3.63, 3.8) is 0 Å². The van der Waals surface area contributed by atoms with Gasteiger partial charge in [0.05, 0.1) is 39.7 Å². The van der Waals surface area contributed by atoms with E-state index in [1.54, 1.807) is 12.1 Å². The number of aromatic carboxylic acids is 1. The number of nitrogens with zero attached hydrogens (tertiary/aromatic N) is 5. The Hall–Kier alpha value is -4.78. The molecule has 0 saturated heterocycles. The van der Waals surface area contributed by atoms with Gasteiger partial charge in [-0.2, -0.15) is 5.10 Å². The van der Waals surface area contributed by atoms with E-state index in [2.05, 4.69) is 27.9 Å². The highest BCUT2D eigenvalue weighted by Gasteiger charge is 2.23. The van der Waals surface area contributed by atoms with Crippen molar-refractivity contribution < 1.29 is 9.90 Å². The fourth-order valence-corrected chi connectivity index (χ4v) is 5.75. The highest BCUT2D eigenvalue weighted by atomic mass is 16.4. The number of hydrogen-bond donors (Lipinski definition) is 1. The summed E-state index contributed by atoms with van der Waals surface area (Å²) >= 11 is 0. The van der Waals surface area contributed by atoms with Gasteiger partial charge < -0.3 is 9.67 Å². The van der Waals surface area contributed by atoms with Crippen LogP contribution in [0.4, 0.5) is 0 Å². The standard InChI is InChI=1S/C32H27N5O2/c38-32(39)23-13-16-30-29(18-23)35-31(37(30)26-9-5-2-6-10-26)22-12-15-27-21(17-22)11-14-28(34-27)24-19-33-36(20-24)25-7-3-1-4-8-25/h1,3-4,7-8,11-20,26H,2,5-6,9-10H2,(H,38,39). The molecule has 7 heteroatoms. The van der Waals surface area contributed by atoms with Crippen LogP contribution < -0.4 is 0 Å². The van der Waals surface area contributed by atoms with Gasteiger partial charge >= 0.3 is 5.97 Å². The van der Waals surface area contributed by atoms with Crippen LogP contribution in [0.25, 0.3) is 50.3 Å². The van der Waals surface area contributed by atoms with Crippen molar-refractivity contribution in [3.8, 4) is 28.3 Å². The summed E-state index contributed by atoms with van der Waals surface area (Å²) in [6.45, 7) is 0. The Labute approximate surface area is 225 Å². The minimum atomic E-state index is -0.937. The van der Waals surface area contributed by atoms with Crippen LogP contribution in [0.3, 0.4) is 0 Å². The van der Waals surface area contributed by atoms with Crippen LogP contribution in [-0.4, -0.2) is 35.4 Å². The molecule has 7 rings (SSSR count). The third kappa shape index (κ3) is 4.26. The number of fused-ring (bicyclic) bond motifs is 2. The lowest BCUT2D eigenvalue weighted by Crippen LogP contribution is -2.14. The first-order valence-electron chi connectivity index (χ1n) is 13.4. The highest BCUT2D eigenvalue weighted by Crippen LogP contribution is 2.37. The zero-order valence-electron chi connectivity index (χ0n) is 21.4. The molecule has 1 aliphatic rings. The zero-order valence-corrected chi connectivity index (χ0v) is 21.4. The summed E-state index contributed by atoms with van der Waals surface area (Å²) in [5.41, 5.74) is 6.71. The summed E-state index contributed by atoms with van der Waals surface area (Å²) in [6, 6.07) is 26.0. The number of benzene rings is 3. The second kappa shape index (κ2) is 9.51. The van der Waals surface area contributed by atoms with Gasteiger partial charge in [-0.1, -0.05) is 43.5 Å². The molecule has 39 heavy (non-hydrogen) atoms. The molecule has 0 spiro atoms. The van der Waals surface area contributed by atoms with Crippen molar-refractivity contribution in [2.75, 3.05) is 0 Å². The van der Waals surface area contributed by atoms with E-state index >= 15 is 0 Å². The monoisotopic (exact) mass is 513 g/mol. The number of carbonyl (C=O) groups is 1. The van der Waals surface area contributed by atoms with Gasteiger partial charge in [-0.15, -0.1) is 0 Å². The molecule has 6 aromatic rings. The van der Waals surface area contributed by atoms with Gasteiger partial charge in [-0.25, -0.2) is 19.4 Å². The minimum Gasteiger partial charge on any atom is -0.478 e. The zero-order chi connectivity index (χ0) is 26.3. The smallest absolute Gasteiger partial charge is 0.335 e. The topological polar surface area (TPSA) is 85.8 Å². The summed E-state index contributed by atoms with van der Waals surface area (Å²) in [7, 11) is 0. The van der Waals surface area contributed by atoms with E-state index < -0.39 is 5.97 Å². The van der Waals surface area contributed by atoms with Crippen LogP contribution in [0.15, 0.2) is 91.3 Å². The van der Waals surface area contributed by atoms with Gasteiger partial charge in [0, 0.05) is 28.8 Å². The quantitative estimate of drug-likeness (QED) is 0.261. The van der Waals surface area contributed by atoms with Gasteiger partial charge in [0.1, 0.15) is 5.82 Å². The molecule has 1 aliphatic carbocycles. The van der Waals surface area contributed by atoms with E-state index in [1.807, 2.05) is 65.6 Å². The molecule has 0 amide bonds. The Kier molecular flexibility index (Phi) is 5.69. The minimum absolute atomic E-state index is 0.258. The Morgan fingerprint density at radius 1 is 0.821 bits per heavy atom. The predicted octanol–water partition coefficient (Wildman–Crippen LogP) is 7.31. The molecule has 3 aromatic heterocycles. The van der Waals surface area contributed by atoms with Crippen LogP contribution in [0.1, 0.15) is 48.5 Å². The van der Waals surface area contributed by atoms with E-state index in [0.717, 1.165) is 63.1 Å². The molecule has 1 N–H and O–H groups in total. The Morgan fingerprint density at radius 3 is 2.49 bits per heavy atom. The first kappa shape index (κ1) is 23.3. The first-order valence-corrected chi connectivity index (χ1v) is 13.4. The summed E-state index contributed by atoms with van der Waals surface area (Å²) < 4.78 is 4.19. The molecule has 3 aromatic carbocycles. The fraction of sp³-hybridized carbons (Fsp3) is 0.188. The average molecular weight is 514 g/mol. The lowest BCUT2D eigenvalue weighted by Gasteiger charge is -2.25. The van der Waals surface area contributed by atoms with E-state index in [-0.39, 0.29) is 5.56 Å². The molecule has 0 bridgehead atoms. The maximum absolute atomic E-state index is 11.6. The number of pyridine rings is 1. The van der Waals surface area contributed by atoms with E-state index in [0.29, 0.717) is 6.04 Å². The van der Waals surface area contributed by atoms with Gasteiger partial charge in [-0.3, -0.25) is 0 Å². The van der Waals surface area contributed by atoms with Crippen LogP contribution in [0.2, 0.25) is 0 Å². The van der Waals surface area contributed by atoms with Gasteiger partial charge in [0.2, 0.25) is 0 Å². The SMILES string of the molecule is O=C(O)c1ccc2c(c1)nc(-c1ccc3nc(-c4cnn(-c5ccccc5)c4)ccc3c1)n2C1CCCCC1. The number of para-hydroxylation sites is 1. The largest absolute Gasteiger partial charge is 0.478 e. The number of hydrogen-bond acceptors (Lipinski definition) is 4. The molecule has 0 atom stereocenters. The van der Waals surface area contributed by atoms with E-state index in [4.69, 9.17) is 9.97 Å². The molecule has 3 heterocycles. The number of carboxylic acid groups (broad SMARTS) is 1. The lowest BCUT2D eigenvalue weighted by atomic mass is 9.94. The normalized spacial score (nSPS) is 14.3. The summed E-state index contributed by atoms with van der Waals surface area (Å²) in [6.07, 6.45) is 9.70. The second-order valence-corrected chi connectivity index (χ2v) is 10.2. The van der Waals surface area contributed by atoms with Crippen molar-refractivity contribution in [1.82, 2.24) is 24.3 Å². The van der Waals surface area contributed by atoms with Crippen molar-refractivity contribution >= 4 is 27.9 Å². The predicted molar refractivity (Wildman–Crippen MR) is 152 cm³/mol. The van der Waals surface area contributed by atoms with E-state index in [9.17, 15) is 9.90 Å².